The average Bonchev–Trinajstić information content (AvgIpc) is 3.05. The van der Waals surface area contributed by atoms with Crippen molar-refractivity contribution in [1.29, 1.82) is 0 Å². The van der Waals surface area contributed by atoms with Gasteiger partial charge in [-0.3, -0.25) is 9.59 Å². The Morgan fingerprint density at radius 1 is 1.42 bits per heavy atom. The number of carboxylic acid groups (broad SMARTS) is 2. The van der Waals surface area contributed by atoms with Crippen LogP contribution in [0.4, 0.5) is 0 Å². The Labute approximate surface area is 107 Å². The summed E-state index contributed by atoms with van der Waals surface area (Å²) in [6.45, 7) is 0. The van der Waals surface area contributed by atoms with Gasteiger partial charge in [0.05, 0.1) is 6.42 Å². The highest BCUT2D eigenvalue weighted by molar-refractivity contribution is 5.95. The number of hydrogen-bond acceptors (Lipinski definition) is 5. The molecule has 0 spiro atoms. The number of carbonyl (C=O) groups excluding carboxylic acids is 1. The van der Waals surface area contributed by atoms with Crippen molar-refractivity contribution in [3.63, 3.8) is 0 Å². The van der Waals surface area contributed by atoms with Crippen LogP contribution in [0.15, 0.2) is 10.6 Å². The zero-order valence-electron chi connectivity index (χ0n) is 9.83. The van der Waals surface area contributed by atoms with Crippen LogP contribution in [0.5, 0.6) is 0 Å². The summed E-state index contributed by atoms with van der Waals surface area (Å²) in [5, 5.41) is 23.0. The molecule has 102 valence electrons. The minimum absolute atomic E-state index is 0.0430. The first-order chi connectivity index (χ1) is 8.97. The van der Waals surface area contributed by atoms with Crippen molar-refractivity contribution < 1.29 is 29.1 Å². The van der Waals surface area contributed by atoms with Gasteiger partial charge in [0.25, 0.3) is 5.91 Å². The van der Waals surface area contributed by atoms with Crippen molar-refractivity contribution in [3.05, 3.63) is 17.5 Å². The van der Waals surface area contributed by atoms with Crippen LogP contribution < -0.4 is 5.32 Å². The molecule has 0 saturated heterocycles. The van der Waals surface area contributed by atoms with Crippen molar-refractivity contribution >= 4 is 17.8 Å². The van der Waals surface area contributed by atoms with Crippen LogP contribution in [0.25, 0.3) is 0 Å². The minimum Gasteiger partial charge on any atom is -0.481 e. The summed E-state index contributed by atoms with van der Waals surface area (Å²) in [5.74, 6) is -2.61. The Kier molecular flexibility index (Phi) is 3.50. The standard InChI is InChI=1S/C11H12N2O6/c14-9(15)4-7(11(17)18)12-10(16)6-3-8(19-13-6)5-1-2-5/h3,5,7H,1-2,4H2,(H,12,16)(H,14,15)(H,17,18)/t7-/m0/s1. The fourth-order valence-electron chi connectivity index (χ4n) is 1.56. The molecule has 0 bridgehead atoms. The van der Waals surface area contributed by atoms with Crippen LogP contribution in [-0.2, 0) is 9.59 Å². The van der Waals surface area contributed by atoms with E-state index in [1.165, 1.54) is 6.07 Å². The number of rotatable bonds is 6. The number of aliphatic carboxylic acids is 2. The Morgan fingerprint density at radius 2 is 2.11 bits per heavy atom. The number of nitrogens with one attached hydrogen (secondary N) is 1. The van der Waals surface area contributed by atoms with Gasteiger partial charge in [0.2, 0.25) is 0 Å². The van der Waals surface area contributed by atoms with Crippen LogP contribution in [0, 0.1) is 0 Å². The maximum absolute atomic E-state index is 11.7. The monoisotopic (exact) mass is 268 g/mol. The molecule has 1 amide bonds. The van der Waals surface area contributed by atoms with E-state index in [-0.39, 0.29) is 11.6 Å². The molecule has 1 aromatic heterocycles. The molecule has 8 heteroatoms. The molecular weight excluding hydrogens is 256 g/mol. The van der Waals surface area contributed by atoms with Crippen LogP contribution >= 0.6 is 0 Å². The van der Waals surface area contributed by atoms with Crippen LogP contribution in [-0.4, -0.2) is 39.3 Å². The van der Waals surface area contributed by atoms with Crippen molar-refractivity contribution in [3.8, 4) is 0 Å². The van der Waals surface area contributed by atoms with E-state index < -0.39 is 30.3 Å². The fraction of sp³-hybridized carbons (Fsp3) is 0.455. The van der Waals surface area contributed by atoms with E-state index in [1.807, 2.05) is 0 Å². The smallest absolute Gasteiger partial charge is 0.326 e. The number of nitrogens with zero attached hydrogens (tertiary/aromatic N) is 1. The molecular formula is C11H12N2O6. The quantitative estimate of drug-likeness (QED) is 0.672. The first-order valence-electron chi connectivity index (χ1n) is 5.69. The molecule has 1 fully saturated rings. The minimum atomic E-state index is -1.49. The zero-order valence-corrected chi connectivity index (χ0v) is 9.83. The Balaban J connectivity index is 2.00. The van der Waals surface area contributed by atoms with Crippen molar-refractivity contribution in [2.75, 3.05) is 0 Å². The van der Waals surface area contributed by atoms with Crippen LogP contribution in [0.2, 0.25) is 0 Å². The van der Waals surface area contributed by atoms with Gasteiger partial charge >= 0.3 is 11.9 Å². The van der Waals surface area contributed by atoms with Gasteiger partial charge in [0.15, 0.2) is 5.69 Å². The molecule has 1 aliphatic carbocycles. The Bertz CT molecular complexity index is 519. The number of aromatic nitrogens is 1. The van der Waals surface area contributed by atoms with Gasteiger partial charge in [-0.05, 0) is 12.8 Å². The molecule has 0 aliphatic heterocycles. The zero-order chi connectivity index (χ0) is 14.0. The van der Waals surface area contributed by atoms with Crippen LogP contribution in [0.1, 0.15) is 41.4 Å². The van der Waals surface area contributed by atoms with Gasteiger partial charge in [0, 0.05) is 12.0 Å². The molecule has 1 aliphatic rings. The van der Waals surface area contributed by atoms with E-state index in [0.29, 0.717) is 5.76 Å². The van der Waals surface area contributed by atoms with Gasteiger partial charge in [0.1, 0.15) is 11.8 Å². The molecule has 1 atom stereocenters. The summed E-state index contributed by atoms with van der Waals surface area (Å²) in [5.41, 5.74) is -0.0430. The first-order valence-corrected chi connectivity index (χ1v) is 5.69. The maximum Gasteiger partial charge on any atom is 0.326 e. The van der Waals surface area contributed by atoms with Gasteiger partial charge in [-0.1, -0.05) is 5.16 Å². The maximum atomic E-state index is 11.7. The number of amides is 1. The van der Waals surface area contributed by atoms with E-state index >= 15 is 0 Å². The number of carboxylic acids is 2. The highest BCUT2D eigenvalue weighted by Crippen LogP contribution is 2.40. The average molecular weight is 268 g/mol. The lowest BCUT2D eigenvalue weighted by molar-refractivity contribution is -0.145. The van der Waals surface area contributed by atoms with E-state index in [1.54, 1.807) is 0 Å². The molecule has 1 heterocycles. The predicted molar refractivity (Wildman–Crippen MR) is 59.6 cm³/mol. The van der Waals surface area contributed by atoms with Gasteiger partial charge in [-0.25, -0.2) is 4.79 Å². The molecule has 8 nitrogen and oxygen atoms in total. The third-order valence-corrected chi connectivity index (χ3v) is 2.72. The normalized spacial score (nSPS) is 15.8. The third kappa shape index (κ3) is 3.30. The van der Waals surface area contributed by atoms with E-state index in [2.05, 4.69) is 10.5 Å². The topological polar surface area (TPSA) is 130 Å². The summed E-state index contributed by atoms with van der Waals surface area (Å²) in [7, 11) is 0. The third-order valence-electron chi connectivity index (χ3n) is 2.72. The molecule has 3 N–H and O–H groups in total. The Morgan fingerprint density at radius 3 is 2.63 bits per heavy atom. The predicted octanol–water partition coefficient (Wildman–Crippen LogP) is 0.210. The molecule has 19 heavy (non-hydrogen) atoms. The molecule has 0 aromatic carbocycles. The van der Waals surface area contributed by atoms with Gasteiger partial charge < -0.3 is 20.1 Å². The molecule has 2 rings (SSSR count). The SMILES string of the molecule is O=C(O)C[C@H](NC(=O)c1cc(C2CC2)on1)C(=O)O. The van der Waals surface area contributed by atoms with E-state index in [9.17, 15) is 14.4 Å². The van der Waals surface area contributed by atoms with Crippen molar-refractivity contribution in [2.24, 2.45) is 0 Å². The number of hydrogen-bond donors (Lipinski definition) is 3. The fourth-order valence-corrected chi connectivity index (χ4v) is 1.56. The lowest BCUT2D eigenvalue weighted by atomic mass is 10.2. The second-order valence-electron chi connectivity index (χ2n) is 4.35. The second kappa shape index (κ2) is 5.09. The molecule has 1 aromatic rings. The summed E-state index contributed by atoms with van der Waals surface area (Å²) < 4.78 is 4.96. The molecule has 0 radical (unpaired) electrons. The van der Waals surface area contributed by atoms with E-state index in [0.717, 1.165) is 12.8 Å². The number of carbonyl (C=O) groups is 3. The lowest BCUT2D eigenvalue weighted by Gasteiger charge is -2.10. The largest absolute Gasteiger partial charge is 0.481 e. The summed E-state index contributed by atoms with van der Waals surface area (Å²) in [4.78, 5) is 33.0. The first kappa shape index (κ1) is 13.1. The molecule has 0 unspecified atom stereocenters. The summed E-state index contributed by atoms with van der Waals surface area (Å²) in [6.07, 6.45) is 1.26. The van der Waals surface area contributed by atoms with Gasteiger partial charge in [-0.2, -0.15) is 0 Å². The summed E-state index contributed by atoms with van der Waals surface area (Å²) in [6, 6.07) is -0.0433. The highest BCUT2D eigenvalue weighted by atomic mass is 16.5. The van der Waals surface area contributed by atoms with Crippen LogP contribution in [0.3, 0.4) is 0 Å². The second-order valence-corrected chi connectivity index (χ2v) is 4.35. The highest BCUT2D eigenvalue weighted by Gasteiger charge is 2.30. The molecule has 1 saturated carbocycles. The van der Waals surface area contributed by atoms with Crippen molar-refractivity contribution in [1.82, 2.24) is 10.5 Å². The van der Waals surface area contributed by atoms with Crippen molar-refractivity contribution in [2.45, 2.75) is 31.2 Å². The van der Waals surface area contributed by atoms with Gasteiger partial charge in [-0.15, -0.1) is 0 Å². The van der Waals surface area contributed by atoms with E-state index in [4.69, 9.17) is 14.7 Å². The summed E-state index contributed by atoms with van der Waals surface area (Å²) >= 11 is 0. The lowest BCUT2D eigenvalue weighted by Crippen LogP contribution is -2.42. The Hall–Kier alpha value is -2.38.